The van der Waals surface area contributed by atoms with Crippen LogP contribution in [0.15, 0.2) is 37.3 Å². The van der Waals surface area contributed by atoms with Crippen LogP contribution in [0.3, 0.4) is 0 Å². The van der Waals surface area contributed by atoms with E-state index in [1.807, 2.05) is 19.2 Å². The lowest BCUT2D eigenvalue weighted by molar-refractivity contribution is -0.121. The SMILES string of the molecule is Cc1ccn(-c2cc(NCCNC(=O)Cn3cncn3)ncn2)n1. The maximum atomic E-state index is 11.7. The summed E-state index contributed by atoms with van der Waals surface area (Å²) in [5.41, 5.74) is 0.915. The summed E-state index contributed by atoms with van der Waals surface area (Å²) in [4.78, 5) is 23.8. The fraction of sp³-hybridized carbons (Fsp3) is 0.286. The van der Waals surface area contributed by atoms with E-state index in [1.165, 1.54) is 23.7 Å². The molecule has 124 valence electrons. The molecule has 0 spiro atoms. The van der Waals surface area contributed by atoms with Gasteiger partial charge in [-0.1, -0.05) is 0 Å². The van der Waals surface area contributed by atoms with Gasteiger partial charge in [0.05, 0.1) is 5.69 Å². The lowest BCUT2D eigenvalue weighted by Crippen LogP contribution is -2.31. The van der Waals surface area contributed by atoms with Crippen molar-refractivity contribution >= 4 is 11.7 Å². The van der Waals surface area contributed by atoms with Gasteiger partial charge in [0, 0.05) is 25.4 Å². The van der Waals surface area contributed by atoms with Gasteiger partial charge in [-0.25, -0.2) is 24.3 Å². The van der Waals surface area contributed by atoms with Crippen molar-refractivity contribution in [2.75, 3.05) is 18.4 Å². The van der Waals surface area contributed by atoms with Gasteiger partial charge in [0.2, 0.25) is 5.91 Å². The summed E-state index contributed by atoms with van der Waals surface area (Å²) in [6.07, 6.45) is 6.20. The number of aromatic nitrogens is 7. The molecule has 0 fully saturated rings. The van der Waals surface area contributed by atoms with Crippen LogP contribution in [0, 0.1) is 6.92 Å². The highest BCUT2D eigenvalue weighted by Gasteiger charge is 2.04. The number of anilines is 1. The van der Waals surface area contributed by atoms with Crippen molar-refractivity contribution in [3.63, 3.8) is 0 Å². The van der Waals surface area contributed by atoms with Gasteiger partial charge < -0.3 is 10.6 Å². The van der Waals surface area contributed by atoms with Crippen LogP contribution < -0.4 is 10.6 Å². The van der Waals surface area contributed by atoms with Gasteiger partial charge in [-0.15, -0.1) is 0 Å². The molecule has 1 amide bonds. The van der Waals surface area contributed by atoms with Crippen LogP contribution in [-0.2, 0) is 11.3 Å². The van der Waals surface area contributed by atoms with Gasteiger partial charge in [-0.3, -0.25) is 4.79 Å². The molecule has 3 aromatic heterocycles. The normalized spacial score (nSPS) is 10.5. The van der Waals surface area contributed by atoms with E-state index in [4.69, 9.17) is 0 Å². The molecule has 0 radical (unpaired) electrons. The highest BCUT2D eigenvalue weighted by atomic mass is 16.2. The largest absolute Gasteiger partial charge is 0.368 e. The zero-order valence-electron chi connectivity index (χ0n) is 13.1. The maximum absolute atomic E-state index is 11.7. The fourth-order valence-electron chi connectivity index (χ4n) is 2.02. The standard InChI is InChI=1S/C14H17N9O/c1-11-2-5-23(21-11)13-6-12(18-9-19-13)16-3-4-17-14(24)7-22-10-15-8-20-22/h2,5-6,8-10H,3-4,7H2,1H3,(H,17,24)(H,16,18,19). The Morgan fingerprint density at radius 3 is 2.92 bits per heavy atom. The van der Waals surface area contributed by atoms with Gasteiger partial charge >= 0.3 is 0 Å². The van der Waals surface area contributed by atoms with Gasteiger partial charge in [0.1, 0.15) is 31.3 Å². The van der Waals surface area contributed by atoms with Crippen LogP contribution in [0.2, 0.25) is 0 Å². The number of amides is 1. The maximum Gasteiger partial charge on any atom is 0.241 e. The molecule has 0 aliphatic carbocycles. The first-order valence-electron chi connectivity index (χ1n) is 7.38. The second kappa shape index (κ2) is 7.31. The average molecular weight is 327 g/mol. The van der Waals surface area contributed by atoms with E-state index in [0.29, 0.717) is 24.7 Å². The van der Waals surface area contributed by atoms with Crippen molar-refractivity contribution in [1.82, 2.24) is 39.8 Å². The van der Waals surface area contributed by atoms with E-state index >= 15 is 0 Å². The van der Waals surface area contributed by atoms with Crippen LogP contribution in [0.25, 0.3) is 5.82 Å². The Hall–Kier alpha value is -3.30. The molecule has 3 aromatic rings. The Kier molecular flexibility index (Phi) is 4.75. The Bertz CT molecular complexity index is 796. The molecule has 10 nitrogen and oxygen atoms in total. The van der Waals surface area contributed by atoms with Crippen molar-refractivity contribution in [1.29, 1.82) is 0 Å². The second-order valence-electron chi connectivity index (χ2n) is 5.03. The number of hydrogen-bond donors (Lipinski definition) is 2. The van der Waals surface area contributed by atoms with Crippen molar-refractivity contribution in [2.24, 2.45) is 0 Å². The molecule has 0 unspecified atom stereocenters. The minimum Gasteiger partial charge on any atom is -0.368 e. The van der Waals surface area contributed by atoms with Gasteiger partial charge in [0.25, 0.3) is 0 Å². The van der Waals surface area contributed by atoms with Crippen LogP contribution in [0.4, 0.5) is 5.82 Å². The molecule has 10 heteroatoms. The highest BCUT2D eigenvalue weighted by Crippen LogP contribution is 2.08. The van der Waals surface area contributed by atoms with E-state index in [0.717, 1.165) is 5.69 Å². The van der Waals surface area contributed by atoms with E-state index in [9.17, 15) is 4.79 Å². The van der Waals surface area contributed by atoms with E-state index < -0.39 is 0 Å². The average Bonchev–Trinajstić information content (AvgIpc) is 3.23. The third-order valence-corrected chi connectivity index (χ3v) is 3.14. The number of carbonyl (C=O) groups is 1. The molecule has 24 heavy (non-hydrogen) atoms. The Labute approximate surface area is 138 Å². The van der Waals surface area contributed by atoms with E-state index in [2.05, 4.69) is 35.8 Å². The third kappa shape index (κ3) is 4.12. The van der Waals surface area contributed by atoms with Crippen LogP contribution in [-0.4, -0.2) is 53.5 Å². The Balaban J connectivity index is 1.46. The lowest BCUT2D eigenvalue weighted by Gasteiger charge is -2.08. The molecule has 0 aliphatic rings. The first-order valence-corrected chi connectivity index (χ1v) is 7.38. The number of carbonyl (C=O) groups excluding carboxylic acids is 1. The first-order chi connectivity index (χ1) is 11.7. The number of rotatable bonds is 7. The monoisotopic (exact) mass is 327 g/mol. The first kappa shape index (κ1) is 15.6. The van der Waals surface area contributed by atoms with E-state index in [-0.39, 0.29) is 12.5 Å². The summed E-state index contributed by atoms with van der Waals surface area (Å²) < 4.78 is 3.15. The highest BCUT2D eigenvalue weighted by molar-refractivity contribution is 5.75. The number of aryl methyl sites for hydroxylation is 1. The summed E-state index contributed by atoms with van der Waals surface area (Å²) in [5.74, 6) is 1.21. The topological polar surface area (TPSA) is 115 Å². The van der Waals surface area contributed by atoms with Gasteiger partial charge in [0.15, 0.2) is 5.82 Å². The summed E-state index contributed by atoms with van der Waals surface area (Å²) in [7, 11) is 0. The lowest BCUT2D eigenvalue weighted by atomic mass is 10.5. The van der Waals surface area contributed by atoms with Crippen molar-refractivity contribution < 1.29 is 4.79 Å². The summed E-state index contributed by atoms with van der Waals surface area (Å²) in [6, 6.07) is 3.70. The van der Waals surface area contributed by atoms with Crippen molar-refractivity contribution in [3.05, 3.63) is 43.0 Å². The Morgan fingerprint density at radius 2 is 2.17 bits per heavy atom. The molecule has 2 N–H and O–H groups in total. The summed E-state index contributed by atoms with van der Waals surface area (Å²) in [5, 5.41) is 14.1. The Morgan fingerprint density at radius 1 is 1.25 bits per heavy atom. The fourth-order valence-corrected chi connectivity index (χ4v) is 2.02. The smallest absolute Gasteiger partial charge is 0.241 e. The zero-order chi connectivity index (χ0) is 16.8. The predicted molar refractivity (Wildman–Crippen MR) is 85.4 cm³/mol. The number of nitrogens with zero attached hydrogens (tertiary/aromatic N) is 7. The second-order valence-corrected chi connectivity index (χ2v) is 5.03. The van der Waals surface area contributed by atoms with E-state index in [1.54, 1.807) is 10.7 Å². The van der Waals surface area contributed by atoms with Gasteiger partial charge in [-0.05, 0) is 13.0 Å². The predicted octanol–water partition coefficient (Wildman–Crippen LogP) is -0.209. The molecule has 0 aromatic carbocycles. The minimum absolute atomic E-state index is 0.127. The van der Waals surface area contributed by atoms with Crippen LogP contribution >= 0.6 is 0 Å². The molecule has 0 bridgehead atoms. The molecule has 0 saturated carbocycles. The van der Waals surface area contributed by atoms with Crippen LogP contribution in [0.1, 0.15) is 5.69 Å². The molecule has 0 aliphatic heterocycles. The zero-order valence-corrected chi connectivity index (χ0v) is 13.1. The van der Waals surface area contributed by atoms with Crippen molar-refractivity contribution in [2.45, 2.75) is 13.5 Å². The quantitative estimate of drug-likeness (QED) is 0.577. The van der Waals surface area contributed by atoms with Crippen molar-refractivity contribution in [3.8, 4) is 5.82 Å². The molecular weight excluding hydrogens is 310 g/mol. The summed E-state index contributed by atoms with van der Waals surface area (Å²) >= 11 is 0. The molecular formula is C14H17N9O. The summed E-state index contributed by atoms with van der Waals surface area (Å²) in [6.45, 7) is 3.07. The molecule has 3 rings (SSSR count). The minimum atomic E-state index is -0.127. The molecule has 0 saturated heterocycles. The molecule has 0 atom stereocenters. The number of nitrogens with one attached hydrogen (secondary N) is 2. The molecule has 3 heterocycles. The number of hydrogen-bond acceptors (Lipinski definition) is 7. The third-order valence-electron chi connectivity index (χ3n) is 3.14. The van der Waals surface area contributed by atoms with Gasteiger partial charge in [-0.2, -0.15) is 10.2 Å². The van der Waals surface area contributed by atoms with Crippen LogP contribution in [0.5, 0.6) is 0 Å².